The molecule has 1 amide bonds. The fraction of sp³-hybridized carbons (Fsp3) is 0.0526. The molecule has 0 fully saturated rings. The molecule has 4 rings (SSSR count). The lowest BCUT2D eigenvalue weighted by atomic mass is 10.2. The highest BCUT2D eigenvalue weighted by Gasteiger charge is 2.15. The van der Waals surface area contributed by atoms with Gasteiger partial charge in [0, 0.05) is 12.3 Å². The van der Waals surface area contributed by atoms with Crippen LogP contribution in [0.25, 0.3) is 11.5 Å². The van der Waals surface area contributed by atoms with Crippen LogP contribution in [-0.2, 0) is 6.54 Å². The molecule has 0 saturated heterocycles. The first-order valence-electron chi connectivity index (χ1n) is 8.14. The number of pyridine rings is 1. The van der Waals surface area contributed by atoms with Gasteiger partial charge in [-0.15, -0.1) is 0 Å². The summed E-state index contributed by atoms with van der Waals surface area (Å²) in [6.45, 7) is 0.598. The fourth-order valence-electron chi connectivity index (χ4n) is 2.50. The number of rotatable bonds is 5. The van der Waals surface area contributed by atoms with E-state index in [-0.39, 0.29) is 11.5 Å². The fourth-order valence-corrected chi connectivity index (χ4v) is 2.50. The lowest BCUT2D eigenvalue weighted by Gasteiger charge is -2.01. The van der Waals surface area contributed by atoms with Gasteiger partial charge in [0.2, 0.25) is 0 Å². The molecular weight excluding hydrogens is 349 g/mol. The van der Waals surface area contributed by atoms with Crippen LogP contribution in [0.2, 0.25) is 0 Å². The summed E-state index contributed by atoms with van der Waals surface area (Å²) in [5.41, 5.74) is 2.12. The first kappa shape index (κ1) is 16.6. The van der Waals surface area contributed by atoms with Gasteiger partial charge in [-0.25, -0.2) is 9.37 Å². The topological polar surface area (TPSA) is 85.8 Å². The Morgan fingerprint density at radius 2 is 2.00 bits per heavy atom. The Morgan fingerprint density at radius 3 is 2.78 bits per heavy atom. The molecular formula is C19H14FN5O2. The SMILES string of the molecule is O=C(Nc1cnn(Cc2ccccc2)c1)c1cc(-c2ccc(F)cn2)on1. The number of nitrogens with zero attached hydrogens (tertiary/aromatic N) is 4. The number of halogens is 1. The van der Waals surface area contributed by atoms with Crippen LogP contribution in [-0.4, -0.2) is 25.8 Å². The summed E-state index contributed by atoms with van der Waals surface area (Å²) in [5.74, 6) is -0.616. The third kappa shape index (κ3) is 3.90. The van der Waals surface area contributed by atoms with Crippen LogP contribution in [0.1, 0.15) is 16.1 Å². The van der Waals surface area contributed by atoms with Crippen molar-refractivity contribution in [3.8, 4) is 11.5 Å². The molecule has 0 spiro atoms. The van der Waals surface area contributed by atoms with E-state index in [1.165, 1.54) is 18.2 Å². The summed E-state index contributed by atoms with van der Waals surface area (Å²) in [6, 6.07) is 14.0. The number of hydrogen-bond acceptors (Lipinski definition) is 5. The number of carbonyl (C=O) groups is 1. The van der Waals surface area contributed by atoms with Crippen LogP contribution in [0.4, 0.5) is 10.1 Å². The zero-order valence-electron chi connectivity index (χ0n) is 14.0. The van der Waals surface area contributed by atoms with E-state index in [4.69, 9.17) is 4.52 Å². The van der Waals surface area contributed by atoms with Crippen LogP contribution < -0.4 is 5.32 Å². The minimum Gasteiger partial charge on any atom is -0.354 e. The lowest BCUT2D eigenvalue weighted by molar-refractivity contribution is 0.101. The molecule has 1 aromatic carbocycles. The van der Waals surface area contributed by atoms with Crippen molar-refractivity contribution in [3.05, 3.63) is 84.2 Å². The van der Waals surface area contributed by atoms with Gasteiger partial charge in [-0.05, 0) is 17.7 Å². The minimum atomic E-state index is -0.455. The zero-order valence-corrected chi connectivity index (χ0v) is 14.0. The smallest absolute Gasteiger partial charge is 0.277 e. The Bertz CT molecular complexity index is 1060. The summed E-state index contributed by atoms with van der Waals surface area (Å²) >= 11 is 0. The van der Waals surface area contributed by atoms with E-state index in [2.05, 4.69) is 20.6 Å². The van der Waals surface area contributed by atoms with Crippen molar-refractivity contribution >= 4 is 11.6 Å². The summed E-state index contributed by atoms with van der Waals surface area (Å²) in [7, 11) is 0. The summed E-state index contributed by atoms with van der Waals surface area (Å²) < 4.78 is 19.8. The molecule has 0 aliphatic heterocycles. The number of aromatic nitrogens is 4. The second kappa shape index (κ2) is 7.20. The molecule has 3 aromatic heterocycles. The maximum atomic E-state index is 12.9. The van der Waals surface area contributed by atoms with Crippen LogP contribution in [0.5, 0.6) is 0 Å². The van der Waals surface area contributed by atoms with Crippen molar-refractivity contribution in [3.63, 3.8) is 0 Å². The average molecular weight is 363 g/mol. The van der Waals surface area contributed by atoms with Gasteiger partial charge >= 0.3 is 0 Å². The van der Waals surface area contributed by atoms with Gasteiger partial charge in [0.25, 0.3) is 5.91 Å². The van der Waals surface area contributed by atoms with E-state index in [0.29, 0.717) is 17.9 Å². The molecule has 3 heterocycles. The Hall–Kier alpha value is -3.81. The largest absolute Gasteiger partial charge is 0.354 e. The second-order valence-electron chi connectivity index (χ2n) is 5.80. The molecule has 0 unspecified atom stereocenters. The maximum Gasteiger partial charge on any atom is 0.277 e. The van der Waals surface area contributed by atoms with Gasteiger partial charge in [-0.2, -0.15) is 5.10 Å². The standard InChI is InChI=1S/C19H14FN5O2/c20-14-6-7-16(21-9-14)18-8-17(24-27-18)19(26)23-15-10-22-25(12-15)11-13-4-2-1-3-5-13/h1-10,12H,11H2,(H,23,26). The van der Waals surface area contributed by atoms with Crippen LogP contribution in [0.15, 0.2) is 71.6 Å². The summed E-state index contributed by atoms with van der Waals surface area (Å²) in [4.78, 5) is 16.2. The van der Waals surface area contributed by atoms with Gasteiger partial charge < -0.3 is 9.84 Å². The number of nitrogens with one attached hydrogen (secondary N) is 1. The highest BCUT2D eigenvalue weighted by Crippen LogP contribution is 2.19. The van der Waals surface area contributed by atoms with Crippen molar-refractivity contribution in [1.29, 1.82) is 0 Å². The quantitative estimate of drug-likeness (QED) is 0.587. The van der Waals surface area contributed by atoms with Gasteiger partial charge in [-0.3, -0.25) is 9.48 Å². The van der Waals surface area contributed by atoms with Gasteiger partial charge in [0.15, 0.2) is 11.5 Å². The van der Waals surface area contributed by atoms with Crippen molar-refractivity contribution in [2.45, 2.75) is 6.54 Å². The van der Waals surface area contributed by atoms with E-state index in [1.54, 1.807) is 17.1 Å². The molecule has 0 saturated carbocycles. The monoisotopic (exact) mass is 363 g/mol. The Kier molecular flexibility index (Phi) is 4.44. The van der Waals surface area contributed by atoms with Gasteiger partial charge in [0.1, 0.15) is 11.5 Å². The molecule has 1 N–H and O–H groups in total. The maximum absolute atomic E-state index is 12.9. The van der Waals surface area contributed by atoms with Crippen molar-refractivity contribution in [2.24, 2.45) is 0 Å². The normalized spacial score (nSPS) is 10.7. The van der Waals surface area contributed by atoms with E-state index in [1.807, 2.05) is 30.3 Å². The minimum absolute atomic E-state index is 0.0898. The summed E-state index contributed by atoms with van der Waals surface area (Å²) in [6.07, 6.45) is 4.36. The number of amides is 1. The molecule has 27 heavy (non-hydrogen) atoms. The Balaban J connectivity index is 1.43. The average Bonchev–Trinajstić information content (AvgIpc) is 3.33. The molecule has 0 radical (unpaired) electrons. The zero-order chi connectivity index (χ0) is 18.6. The third-order valence-electron chi connectivity index (χ3n) is 3.80. The first-order valence-corrected chi connectivity index (χ1v) is 8.14. The predicted molar refractivity (Wildman–Crippen MR) is 95.4 cm³/mol. The first-order chi connectivity index (χ1) is 13.2. The van der Waals surface area contributed by atoms with E-state index in [9.17, 15) is 9.18 Å². The van der Waals surface area contributed by atoms with E-state index in [0.717, 1.165) is 11.8 Å². The number of anilines is 1. The van der Waals surface area contributed by atoms with Crippen molar-refractivity contribution in [1.82, 2.24) is 19.9 Å². The molecule has 0 aliphatic rings. The molecule has 0 bridgehead atoms. The summed E-state index contributed by atoms with van der Waals surface area (Å²) in [5, 5.41) is 10.7. The Morgan fingerprint density at radius 1 is 1.15 bits per heavy atom. The second-order valence-corrected chi connectivity index (χ2v) is 5.80. The molecule has 0 aliphatic carbocycles. The molecule has 134 valence electrons. The van der Waals surface area contributed by atoms with Crippen molar-refractivity contribution in [2.75, 3.05) is 5.32 Å². The van der Waals surface area contributed by atoms with E-state index < -0.39 is 11.7 Å². The van der Waals surface area contributed by atoms with Crippen molar-refractivity contribution < 1.29 is 13.7 Å². The number of hydrogen-bond donors (Lipinski definition) is 1. The van der Waals surface area contributed by atoms with Gasteiger partial charge in [-0.1, -0.05) is 35.5 Å². The van der Waals surface area contributed by atoms with Crippen LogP contribution >= 0.6 is 0 Å². The molecule has 8 heteroatoms. The molecule has 0 atom stereocenters. The van der Waals surface area contributed by atoms with Crippen LogP contribution in [0.3, 0.4) is 0 Å². The highest BCUT2D eigenvalue weighted by molar-refractivity contribution is 6.03. The molecule has 7 nitrogen and oxygen atoms in total. The number of carbonyl (C=O) groups excluding carboxylic acids is 1. The van der Waals surface area contributed by atoms with E-state index >= 15 is 0 Å². The predicted octanol–water partition coefficient (Wildman–Crippen LogP) is 3.37. The lowest BCUT2D eigenvalue weighted by Crippen LogP contribution is -2.11. The highest BCUT2D eigenvalue weighted by atomic mass is 19.1. The number of benzene rings is 1. The molecule has 4 aromatic rings. The van der Waals surface area contributed by atoms with Crippen LogP contribution in [0, 0.1) is 5.82 Å². The van der Waals surface area contributed by atoms with Gasteiger partial charge in [0.05, 0.1) is 24.6 Å². The third-order valence-corrected chi connectivity index (χ3v) is 3.80. The Labute approximate surface area is 153 Å².